The molecule has 0 aliphatic rings. The first-order valence-corrected chi connectivity index (χ1v) is 8.37. The van der Waals surface area contributed by atoms with E-state index in [9.17, 15) is 14.4 Å². The monoisotopic (exact) mass is 376 g/mol. The molecule has 0 saturated heterocycles. The van der Waals surface area contributed by atoms with E-state index in [4.69, 9.17) is 9.84 Å². The summed E-state index contributed by atoms with van der Waals surface area (Å²) in [6.07, 6.45) is 0.594. The molecular weight excluding hydrogens is 360 g/mol. The van der Waals surface area contributed by atoms with Gasteiger partial charge >= 0.3 is 12.1 Å². The Hall–Kier alpha value is -4.05. The average Bonchev–Trinajstić information content (AvgIpc) is 2.70. The zero-order chi connectivity index (χ0) is 19.9. The fourth-order valence-electron chi connectivity index (χ4n) is 2.50. The van der Waals surface area contributed by atoms with E-state index >= 15 is 0 Å². The number of ether oxygens (including phenoxy) is 1. The van der Waals surface area contributed by atoms with Gasteiger partial charge in [0.1, 0.15) is 12.2 Å². The number of fused-ring (bicyclic) bond motifs is 1. The highest BCUT2D eigenvalue weighted by atomic mass is 16.5. The van der Waals surface area contributed by atoms with Gasteiger partial charge in [0.15, 0.2) is 0 Å². The van der Waals surface area contributed by atoms with Crippen molar-refractivity contribution in [3.63, 3.8) is 0 Å². The number of aromatic nitrogens is 1. The Kier molecular flexibility index (Phi) is 5.72. The molecule has 0 aliphatic carbocycles. The highest BCUT2D eigenvalue weighted by Gasteiger charge is 2.11. The number of carbonyl (C=O) groups is 2. The molecule has 2 aromatic carbocycles. The molecule has 0 bridgehead atoms. The smallest absolute Gasteiger partial charge is 0.408 e. The maximum Gasteiger partial charge on any atom is 0.408 e. The number of aromatic carboxylic acids is 1. The van der Waals surface area contributed by atoms with Gasteiger partial charge in [-0.3, -0.25) is 4.79 Å². The summed E-state index contributed by atoms with van der Waals surface area (Å²) < 4.78 is 5.08. The maximum absolute atomic E-state index is 12.1. The van der Waals surface area contributed by atoms with Crippen LogP contribution < -0.4 is 10.7 Å². The fourth-order valence-corrected chi connectivity index (χ4v) is 2.50. The number of alkyl carbamates (subject to hydrolysis) is 1. The Morgan fingerprint density at radius 3 is 2.68 bits per heavy atom. The number of amides is 1. The lowest BCUT2D eigenvalue weighted by Crippen LogP contribution is -2.24. The first kappa shape index (κ1) is 18.7. The second-order valence-corrected chi connectivity index (χ2v) is 5.81. The third kappa shape index (κ3) is 4.56. The zero-order valence-electron chi connectivity index (χ0n) is 14.7. The van der Waals surface area contributed by atoms with Crippen LogP contribution in [0.4, 0.5) is 4.79 Å². The molecule has 1 heterocycles. The van der Waals surface area contributed by atoms with Gasteiger partial charge in [0, 0.05) is 17.1 Å². The number of carboxylic acid groups (broad SMARTS) is 1. The third-order valence-corrected chi connectivity index (χ3v) is 3.88. The molecular formula is C21H16N2O5. The largest absolute Gasteiger partial charge is 0.477 e. The third-order valence-electron chi connectivity index (χ3n) is 3.88. The topological polar surface area (TPSA) is 108 Å². The summed E-state index contributed by atoms with van der Waals surface area (Å²) in [6.45, 7) is 0.274. The molecule has 0 saturated carbocycles. The van der Waals surface area contributed by atoms with Crippen molar-refractivity contribution in [3.05, 3.63) is 81.6 Å². The van der Waals surface area contributed by atoms with Crippen LogP contribution in [-0.4, -0.2) is 28.7 Å². The number of H-pyrrole nitrogens is 1. The molecule has 28 heavy (non-hydrogen) atoms. The van der Waals surface area contributed by atoms with E-state index in [1.54, 1.807) is 12.1 Å². The van der Waals surface area contributed by atoms with Crippen molar-refractivity contribution < 1.29 is 19.4 Å². The second-order valence-electron chi connectivity index (χ2n) is 5.81. The highest BCUT2D eigenvalue weighted by molar-refractivity contribution is 5.92. The van der Waals surface area contributed by atoms with E-state index < -0.39 is 17.5 Å². The number of benzene rings is 2. The Morgan fingerprint density at radius 2 is 1.93 bits per heavy atom. The minimum atomic E-state index is -1.28. The summed E-state index contributed by atoms with van der Waals surface area (Å²) in [4.78, 5) is 37.5. The van der Waals surface area contributed by atoms with E-state index in [-0.39, 0.29) is 24.1 Å². The number of carboxylic acids is 1. The number of hydrogen-bond donors (Lipinski definition) is 3. The summed E-state index contributed by atoms with van der Waals surface area (Å²) in [5.74, 6) is 4.38. The van der Waals surface area contributed by atoms with Crippen molar-refractivity contribution in [3.8, 4) is 11.8 Å². The van der Waals surface area contributed by atoms with Crippen LogP contribution in [0, 0.1) is 11.8 Å². The van der Waals surface area contributed by atoms with Gasteiger partial charge in [0.05, 0.1) is 12.1 Å². The number of pyridine rings is 1. The molecule has 7 heteroatoms. The standard InChI is InChI=1S/C21H16N2O5/c24-19-16-9-8-14(11-18(16)23-12-17(19)20(25)26)7-4-10-22-21(27)28-13-15-5-2-1-3-6-15/h1-3,5-6,8-9,11-12H,10,13H2,(H,22,27)(H,23,24)(H,25,26). The number of hydrogen-bond acceptors (Lipinski definition) is 4. The van der Waals surface area contributed by atoms with Gasteiger partial charge in [-0.2, -0.15) is 0 Å². The number of carbonyl (C=O) groups excluding carboxylic acids is 1. The lowest BCUT2D eigenvalue weighted by atomic mass is 10.1. The van der Waals surface area contributed by atoms with E-state index in [0.29, 0.717) is 11.1 Å². The van der Waals surface area contributed by atoms with E-state index in [1.807, 2.05) is 30.3 Å². The van der Waals surface area contributed by atoms with Gasteiger partial charge in [-0.25, -0.2) is 9.59 Å². The van der Waals surface area contributed by atoms with Crippen molar-refractivity contribution in [2.45, 2.75) is 6.61 Å². The molecule has 0 radical (unpaired) electrons. The van der Waals surface area contributed by atoms with Crippen molar-refractivity contribution >= 4 is 23.0 Å². The number of aromatic amines is 1. The fraction of sp³-hybridized carbons (Fsp3) is 0.0952. The van der Waals surface area contributed by atoms with E-state index in [1.165, 1.54) is 6.07 Å². The van der Waals surface area contributed by atoms with Crippen molar-refractivity contribution in [2.24, 2.45) is 0 Å². The van der Waals surface area contributed by atoms with Crippen LogP contribution in [0.15, 0.2) is 59.5 Å². The molecule has 7 nitrogen and oxygen atoms in total. The van der Waals surface area contributed by atoms with Gasteiger partial charge < -0.3 is 20.1 Å². The predicted octanol–water partition coefficient (Wildman–Crippen LogP) is 2.50. The lowest BCUT2D eigenvalue weighted by molar-refractivity contribution is 0.0695. The van der Waals surface area contributed by atoms with Crippen molar-refractivity contribution in [2.75, 3.05) is 6.54 Å². The number of rotatable bonds is 4. The molecule has 0 fully saturated rings. The van der Waals surface area contributed by atoms with Crippen LogP contribution in [0.1, 0.15) is 21.5 Å². The summed E-state index contributed by atoms with van der Waals surface area (Å²) in [6, 6.07) is 14.1. The molecule has 1 amide bonds. The van der Waals surface area contributed by atoms with Crippen molar-refractivity contribution in [1.29, 1.82) is 0 Å². The van der Waals surface area contributed by atoms with Gasteiger partial charge in [-0.05, 0) is 23.8 Å². The second kappa shape index (κ2) is 8.56. The number of nitrogens with one attached hydrogen (secondary N) is 2. The summed E-state index contributed by atoms with van der Waals surface area (Å²) in [7, 11) is 0. The zero-order valence-corrected chi connectivity index (χ0v) is 14.7. The van der Waals surface area contributed by atoms with Crippen LogP contribution >= 0.6 is 0 Å². The minimum Gasteiger partial charge on any atom is -0.477 e. The normalized spacial score (nSPS) is 10.0. The summed E-state index contributed by atoms with van der Waals surface area (Å²) in [5.41, 5.74) is 1.12. The highest BCUT2D eigenvalue weighted by Crippen LogP contribution is 2.10. The van der Waals surface area contributed by atoms with E-state index in [2.05, 4.69) is 22.1 Å². The van der Waals surface area contributed by atoms with Gasteiger partial charge in [0.25, 0.3) is 0 Å². The molecule has 0 atom stereocenters. The van der Waals surface area contributed by atoms with Gasteiger partial charge in [-0.15, -0.1) is 0 Å². The van der Waals surface area contributed by atoms with Crippen LogP contribution in [0.3, 0.4) is 0 Å². The van der Waals surface area contributed by atoms with Gasteiger partial charge in [0.2, 0.25) is 5.43 Å². The molecule has 1 aromatic heterocycles. The molecule has 0 aliphatic heterocycles. The molecule has 3 N–H and O–H groups in total. The average molecular weight is 376 g/mol. The molecule has 0 spiro atoms. The summed E-state index contributed by atoms with van der Waals surface area (Å²) >= 11 is 0. The first-order valence-electron chi connectivity index (χ1n) is 8.37. The van der Waals surface area contributed by atoms with Crippen molar-refractivity contribution in [1.82, 2.24) is 10.3 Å². The SMILES string of the molecule is O=C(NCC#Cc1ccc2c(=O)c(C(=O)O)c[nH]c2c1)OCc1ccccc1. The molecule has 140 valence electrons. The Balaban J connectivity index is 1.59. The van der Waals surface area contributed by atoms with E-state index in [0.717, 1.165) is 11.8 Å². The van der Waals surface area contributed by atoms with Crippen LogP contribution in [-0.2, 0) is 11.3 Å². The van der Waals surface area contributed by atoms with Crippen LogP contribution in [0.5, 0.6) is 0 Å². The first-order chi connectivity index (χ1) is 13.5. The predicted molar refractivity (Wildman–Crippen MR) is 103 cm³/mol. The molecule has 3 rings (SSSR count). The molecule has 0 unspecified atom stereocenters. The molecule has 3 aromatic rings. The van der Waals surface area contributed by atoms with Crippen LogP contribution in [0.25, 0.3) is 10.9 Å². The Morgan fingerprint density at radius 1 is 1.14 bits per heavy atom. The Labute approximate surface area is 160 Å². The summed E-state index contributed by atoms with van der Waals surface area (Å²) in [5, 5.41) is 11.8. The Bertz CT molecular complexity index is 1140. The lowest BCUT2D eigenvalue weighted by Gasteiger charge is -2.04. The maximum atomic E-state index is 12.1. The quantitative estimate of drug-likeness (QED) is 0.606. The minimum absolute atomic E-state index is 0.0974. The van der Waals surface area contributed by atoms with Gasteiger partial charge in [-0.1, -0.05) is 42.2 Å². The van der Waals surface area contributed by atoms with Crippen LogP contribution in [0.2, 0.25) is 0 Å².